The quantitative estimate of drug-likeness (QED) is 0.0320. The molecule has 6 heteroatoms. The van der Waals surface area contributed by atoms with Crippen LogP contribution in [0.25, 0.3) is 0 Å². The van der Waals surface area contributed by atoms with Crippen molar-refractivity contribution in [1.82, 2.24) is 5.32 Å². The minimum Gasteiger partial charge on any atom is -0.466 e. The summed E-state index contributed by atoms with van der Waals surface area (Å²) in [6.45, 7) is 4.98. The summed E-state index contributed by atoms with van der Waals surface area (Å²) in [4.78, 5) is 24.6. The van der Waals surface area contributed by atoms with Crippen LogP contribution in [0, 0.1) is 0 Å². The van der Waals surface area contributed by atoms with E-state index in [9.17, 15) is 19.8 Å². The Kier molecular flexibility index (Phi) is 64.4. The predicted octanol–water partition coefficient (Wildman–Crippen LogP) is 22.1. The highest BCUT2D eigenvalue weighted by Crippen LogP contribution is 2.19. The van der Waals surface area contributed by atoms with E-state index >= 15 is 0 Å². The van der Waals surface area contributed by atoms with Crippen LogP contribution in [0.4, 0.5) is 0 Å². The lowest BCUT2D eigenvalue weighted by Crippen LogP contribution is -2.45. The van der Waals surface area contributed by atoms with Crippen LogP contribution in [0.1, 0.15) is 386 Å². The molecule has 0 rings (SSSR count). The van der Waals surface area contributed by atoms with Crippen LogP contribution < -0.4 is 5.32 Å². The summed E-state index contributed by atoms with van der Waals surface area (Å²) in [6.07, 6.45) is 82.2. The molecule has 450 valence electrons. The lowest BCUT2D eigenvalue weighted by molar-refractivity contribution is -0.143. The highest BCUT2D eigenvalue weighted by Gasteiger charge is 2.20. The van der Waals surface area contributed by atoms with Gasteiger partial charge in [-0.05, 0) is 57.8 Å². The highest BCUT2D eigenvalue weighted by molar-refractivity contribution is 5.76. The van der Waals surface area contributed by atoms with Crippen molar-refractivity contribution in [1.29, 1.82) is 0 Å². The standard InChI is InChI=1S/C70H135NO5/c1-3-5-7-9-11-13-15-17-18-19-29-33-36-40-44-48-52-56-60-64-70(75)76-65-61-57-53-49-45-41-37-34-31-28-26-24-22-20-21-23-25-27-30-32-35-39-43-47-51-55-59-63-69(74)71-67(66-72)68(73)62-58-54-50-46-42-38-16-14-12-10-8-6-4-2/h20-21,24,26,67-68,72-73H,3-19,22-23,25,27-66H2,1-2H3,(H,71,74)/b21-20-,26-24-. The van der Waals surface area contributed by atoms with E-state index in [0.29, 0.717) is 25.9 Å². The fourth-order valence-corrected chi connectivity index (χ4v) is 11.0. The van der Waals surface area contributed by atoms with Crippen LogP contribution in [0.3, 0.4) is 0 Å². The van der Waals surface area contributed by atoms with Crippen molar-refractivity contribution in [2.75, 3.05) is 13.2 Å². The zero-order chi connectivity index (χ0) is 55.0. The number of nitrogens with one attached hydrogen (secondary N) is 1. The molecule has 0 heterocycles. The van der Waals surface area contributed by atoms with Gasteiger partial charge in [-0.2, -0.15) is 0 Å². The number of unbranched alkanes of at least 4 members (excludes halogenated alkanes) is 50. The molecule has 0 spiro atoms. The maximum Gasteiger partial charge on any atom is 0.305 e. The summed E-state index contributed by atoms with van der Waals surface area (Å²) in [5, 5.41) is 23.3. The molecule has 0 fully saturated rings. The molecule has 0 saturated carbocycles. The first kappa shape index (κ1) is 74.3. The number of esters is 1. The number of rotatable bonds is 65. The SMILES string of the molecule is CCCCCCCCCCCCCCCCCCCCCC(=O)OCCCCCCCCCCC/C=C\C/C=C\CCCCCCCCCCCCCC(=O)NC(CO)C(O)CCCCCCCCCCCCCCC. The molecule has 3 N–H and O–H groups in total. The van der Waals surface area contributed by atoms with Gasteiger partial charge in [-0.25, -0.2) is 0 Å². The number of carbonyl (C=O) groups excluding carboxylic acids is 2. The monoisotopic (exact) mass is 1070 g/mol. The van der Waals surface area contributed by atoms with Gasteiger partial charge in [0, 0.05) is 12.8 Å². The molecule has 0 aromatic rings. The Hall–Kier alpha value is -1.66. The number of hydrogen-bond donors (Lipinski definition) is 3. The van der Waals surface area contributed by atoms with Crippen molar-refractivity contribution >= 4 is 11.9 Å². The normalized spacial score (nSPS) is 12.6. The van der Waals surface area contributed by atoms with E-state index in [1.54, 1.807) is 0 Å². The second-order valence-electron chi connectivity index (χ2n) is 23.9. The van der Waals surface area contributed by atoms with Crippen LogP contribution in [-0.2, 0) is 14.3 Å². The lowest BCUT2D eigenvalue weighted by Gasteiger charge is -2.22. The Morgan fingerprint density at radius 3 is 1.00 bits per heavy atom. The Morgan fingerprint density at radius 2 is 0.658 bits per heavy atom. The van der Waals surface area contributed by atoms with E-state index in [1.165, 1.54) is 308 Å². The third-order valence-corrected chi connectivity index (χ3v) is 16.3. The number of ether oxygens (including phenoxy) is 1. The van der Waals surface area contributed by atoms with E-state index in [-0.39, 0.29) is 18.5 Å². The lowest BCUT2D eigenvalue weighted by atomic mass is 10.0. The average molecular weight is 1070 g/mol. The molecule has 0 aliphatic rings. The van der Waals surface area contributed by atoms with E-state index < -0.39 is 12.1 Å². The molecule has 76 heavy (non-hydrogen) atoms. The number of amides is 1. The smallest absolute Gasteiger partial charge is 0.305 e. The summed E-state index contributed by atoms with van der Waals surface area (Å²) in [7, 11) is 0. The van der Waals surface area contributed by atoms with E-state index in [2.05, 4.69) is 43.5 Å². The summed E-state index contributed by atoms with van der Waals surface area (Å²) < 4.78 is 5.51. The largest absolute Gasteiger partial charge is 0.466 e. The number of carbonyl (C=O) groups is 2. The van der Waals surface area contributed by atoms with Crippen molar-refractivity contribution in [3.05, 3.63) is 24.3 Å². The Morgan fingerprint density at radius 1 is 0.368 bits per heavy atom. The van der Waals surface area contributed by atoms with Gasteiger partial charge in [0.15, 0.2) is 0 Å². The van der Waals surface area contributed by atoms with Gasteiger partial charge in [-0.1, -0.05) is 340 Å². The van der Waals surface area contributed by atoms with Crippen molar-refractivity contribution in [2.45, 2.75) is 398 Å². The molecule has 2 unspecified atom stereocenters. The first-order valence-corrected chi connectivity index (χ1v) is 34.6. The zero-order valence-electron chi connectivity index (χ0n) is 51.5. The van der Waals surface area contributed by atoms with Gasteiger partial charge in [0.1, 0.15) is 0 Å². The minimum absolute atomic E-state index is 0.0161. The van der Waals surface area contributed by atoms with E-state index in [0.717, 1.165) is 44.9 Å². The Labute approximate surface area is 475 Å². The fraction of sp³-hybridized carbons (Fsp3) is 0.914. The molecule has 2 atom stereocenters. The Bertz CT molecular complexity index is 1190. The van der Waals surface area contributed by atoms with Gasteiger partial charge in [0.25, 0.3) is 0 Å². The first-order valence-electron chi connectivity index (χ1n) is 34.6. The zero-order valence-corrected chi connectivity index (χ0v) is 51.5. The molecule has 0 aliphatic carbocycles. The molecule has 1 amide bonds. The van der Waals surface area contributed by atoms with Gasteiger partial charge < -0.3 is 20.3 Å². The van der Waals surface area contributed by atoms with Crippen LogP contribution in [0.5, 0.6) is 0 Å². The van der Waals surface area contributed by atoms with Gasteiger partial charge in [0.2, 0.25) is 5.91 Å². The minimum atomic E-state index is -0.665. The molecule has 0 aromatic heterocycles. The highest BCUT2D eigenvalue weighted by atomic mass is 16.5. The molecular formula is C70H135NO5. The number of hydrogen-bond acceptors (Lipinski definition) is 5. The van der Waals surface area contributed by atoms with Gasteiger partial charge in [-0.3, -0.25) is 9.59 Å². The molecule has 0 bridgehead atoms. The third kappa shape index (κ3) is 61.6. The van der Waals surface area contributed by atoms with Crippen molar-refractivity contribution in [2.24, 2.45) is 0 Å². The van der Waals surface area contributed by atoms with Gasteiger partial charge >= 0.3 is 5.97 Å². The third-order valence-electron chi connectivity index (χ3n) is 16.3. The van der Waals surface area contributed by atoms with Crippen LogP contribution in [0.2, 0.25) is 0 Å². The van der Waals surface area contributed by atoms with E-state index in [4.69, 9.17) is 4.74 Å². The number of aliphatic hydroxyl groups excluding tert-OH is 2. The van der Waals surface area contributed by atoms with Crippen molar-refractivity contribution in [3.8, 4) is 0 Å². The summed E-state index contributed by atoms with van der Waals surface area (Å²) >= 11 is 0. The predicted molar refractivity (Wildman–Crippen MR) is 333 cm³/mol. The topological polar surface area (TPSA) is 95.9 Å². The fourth-order valence-electron chi connectivity index (χ4n) is 11.0. The second kappa shape index (κ2) is 65.9. The molecule has 0 aromatic carbocycles. The van der Waals surface area contributed by atoms with Gasteiger partial charge in [-0.15, -0.1) is 0 Å². The maximum absolute atomic E-state index is 12.5. The summed E-state index contributed by atoms with van der Waals surface area (Å²) in [5.41, 5.74) is 0. The summed E-state index contributed by atoms with van der Waals surface area (Å²) in [5.74, 6) is -0.0204. The van der Waals surface area contributed by atoms with Crippen molar-refractivity contribution < 1.29 is 24.5 Å². The maximum atomic E-state index is 12.5. The van der Waals surface area contributed by atoms with Crippen molar-refractivity contribution in [3.63, 3.8) is 0 Å². The van der Waals surface area contributed by atoms with Crippen LogP contribution >= 0.6 is 0 Å². The molecule has 6 nitrogen and oxygen atoms in total. The molecule has 0 saturated heterocycles. The number of allylic oxidation sites excluding steroid dienone is 4. The summed E-state index contributed by atoms with van der Waals surface area (Å²) in [6, 6.07) is -0.543. The van der Waals surface area contributed by atoms with Gasteiger partial charge in [0.05, 0.1) is 25.4 Å². The second-order valence-corrected chi connectivity index (χ2v) is 23.9. The van der Waals surface area contributed by atoms with Crippen LogP contribution in [-0.4, -0.2) is 47.4 Å². The van der Waals surface area contributed by atoms with Crippen LogP contribution in [0.15, 0.2) is 24.3 Å². The first-order chi connectivity index (χ1) is 37.5. The molecule has 0 radical (unpaired) electrons. The molecule has 0 aliphatic heterocycles. The average Bonchev–Trinajstić information content (AvgIpc) is 3.42. The van der Waals surface area contributed by atoms with E-state index in [1.807, 2.05) is 0 Å². The number of aliphatic hydroxyl groups is 2. The molecular weight excluding hydrogens is 935 g/mol. The Balaban J connectivity index is 3.38.